The van der Waals surface area contributed by atoms with Crippen LogP contribution in [0.25, 0.3) is 0 Å². The molecule has 46 valence electrons. The summed E-state index contributed by atoms with van der Waals surface area (Å²) in [5.74, 6) is 0.186. The van der Waals surface area contributed by atoms with Gasteiger partial charge in [0, 0.05) is 0 Å². The Kier molecular flexibility index (Phi) is 1.33. The highest BCUT2D eigenvalue weighted by molar-refractivity contribution is 7.97. The minimum atomic E-state index is -3.00. The smallest absolute Gasteiger partial charge is 0.189 e. The van der Waals surface area contributed by atoms with Crippen LogP contribution >= 0.6 is 11.6 Å². The van der Waals surface area contributed by atoms with Crippen LogP contribution in [0.4, 0.5) is 0 Å². The van der Waals surface area contributed by atoms with E-state index in [0.717, 1.165) is 0 Å². The zero-order valence-electron chi connectivity index (χ0n) is 4.09. The van der Waals surface area contributed by atoms with Crippen molar-refractivity contribution in [1.29, 1.82) is 0 Å². The summed E-state index contributed by atoms with van der Waals surface area (Å²) in [6.07, 6.45) is 2.10. The Morgan fingerprint density at radius 1 is 1.62 bits per heavy atom. The van der Waals surface area contributed by atoms with Crippen molar-refractivity contribution in [2.24, 2.45) is 0 Å². The third kappa shape index (κ3) is 0.880. The Hall–Kier alpha value is -0.0200. The van der Waals surface area contributed by atoms with Crippen molar-refractivity contribution in [2.45, 2.75) is 6.42 Å². The molecule has 8 heavy (non-hydrogen) atoms. The topological polar surface area (TPSA) is 34.1 Å². The first-order chi connectivity index (χ1) is 3.63. The molecule has 0 aromatic rings. The summed E-state index contributed by atoms with van der Waals surface area (Å²) in [5.41, 5.74) is 0. The summed E-state index contributed by atoms with van der Waals surface area (Å²) in [6.45, 7) is 0. The molecule has 0 radical (unpaired) electrons. The van der Waals surface area contributed by atoms with Gasteiger partial charge in [-0.3, -0.25) is 0 Å². The summed E-state index contributed by atoms with van der Waals surface area (Å²) in [4.78, 5) is 0. The fraction of sp³-hybridized carbons (Fsp3) is 0.500. The van der Waals surface area contributed by atoms with Crippen molar-refractivity contribution in [3.05, 3.63) is 10.4 Å². The van der Waals surface area contributed by atoms with Crippen LogP contribution in [0.2, 0.25) is 0 Å². The van der Waals surface area contributed by atoms with Crippen molar-refractivity contribution in [3.8, 4) is 0 Å². The third-order valence-electron chi connectivity index (χ3n) is 0.989. The molecule has 0 bridgehead atoms. The van der Waals surface area contributed by atoms with Gasteiger partial charge >= 0.3 is 0 Å². The molecule has 0 aromatic carbocycles. The van der Waals surface area contributed by atoms with Crippen molar-refractivity contribution < 1.29 is 8.42 Å². The molecule has 0 amide bonds. The number of allylic oxidation sites excluding steroid dienone is 1. The predicted molar refractivity (Wildman–Crippen MR) is 32.3 cm³/mol. The minimum absolute atomic E-state index is 0.0116. The Balaban J connectivity index is 3.08. The zero-order chi connectivity index (χ0) is 6.20. The summed E-state index contributed by atoms with van der Waals surface area (Å²) in [6, 6.07) is 0. The van der Waals surface area contributed by atoms with E-state index >= 15 is 0 Å². The molecule has 4 heteroatoms. The van der Waals surface area contributed by atoms with Gasteiger partial charge in [-0.25, -0.2) is 8.42 Å². The van der Waals surface area contributed by atoms with E-state index in [4.69, 9.17) is 11.6 Å². The van der Waals surface area contributed by atoms with Crippen molar-refractivity contribution in [1.82, 2.24) is 0 Å². The summed E-state index contributed by atoms with van der Waals surface area (Å²) in [5, 5.41) is 0. The molecule has 0 unspecified atom stereocenters. The molecule has 2 nitrogen and oxygen atoms in total. The van der Waals surface area contributed by atoms with Crippen LogP contribution in [-0.4, -0.2) is 14.2 Å². The van der Waals surface area contributed by atoms with Gasteiger partial charge in [-0.05, 0) is 6.42 Å². The largest absolute Gasteiger partial charge is 0.223 e. The highest BCUT2D eigenvalue weighted by Crippen LogP contribution is 2.20. The van der Waals surface area contributed by atoms with E-state index in [1.165, 1.54) is 6.08 Å². The fourth-order valence-corrected chi connectivity index (χ4v) is 1.89. The van der Waals surface area contributed by atoms with Crippen LogP contribution in [0.5, 0.6) is 0 Å². The lowest BCUT2D eigenvalue weighted by molar-refractivity contribution is 0.605. The first-order valence-corrected chi connectivity index (χ1v) is 4.24. The lowest BCUT2D eigenvalue weighted by Crippen LogP contribution is -1.96. The van der Waals surface area contributed by atoms with Crippen LogP contribution in [0, 0.1) is 0 Å². The van der Waals surface area contributed by atoms with Gasteiger partial charge in [0.05, 0.1) is 5.75 Å². The molecule has 1 aliphatic heterocycles. The van der Waals surface area contributed by atoms with Gasteiger partial charge in [0.2, 0.25) is 0 Å². The van der Waals surface area contributed by atoms with Crippen molar-refractivity contribution in [2.75, 3.05) is 5.75 Å². The Morgan fingerprint density at radius 3 is 2.38 bits per heavy atom. The molecule has 0 fully saturated rings. The maximum absolute atomic E-state index is 10.6. The molecular weight excluding hydrogens is 148 g/mol. The van der Waals surface area contributed by atoms with Gasteiger partial charge in [-0.2, -0.15) is 0 Å². The van der Waals surface area contributed by atoms with Crippen LogP contribution < -0.4 is 0 Å². The van der Waals surface area contributed by atoms with E-state index < -0.39 is 9.84 Å². The third-order valence-corrected chi connectivity index (χ3v) is 3.38. The van der Waals surface area contributed by atoms with Crippen LogP contribution in [0.15, 0.2) is 10.4 Å². The van der Waals surface area contributed by atoms with E-state index in [2.05, 4.69) is 0 Å². The monoisotopic (exact) mass is 152 g/mol. The number of rotatable bonds is 0. The van der Waals surface area contributed by atoms with E-state index in [1.807, 2.05) is 0 Å². The number of hydrogen-bond donors (Lipinski definition) is 0. The van der Waals surface area contributed by atoms with Gasteiger partial charge in [-0.1, -0.05) is 17.7 Å². The lowest BCUT2D eigenvalue weighted by atomic mass is 10.5. The molecule has 0 saturated heterocycles. The average molecular weight is 153 g/mol. The molecule has 0 aromatic heterocycles. The second-order valence-corrected chi connectivity index (χ2v) is 4.32. The normalized spacial score (nSPS) is 25.4. The number of halogens is 1. The van der Waals surface area contributed by atoms with Crippen LogP contribution in [-0.2, 0) is 9.84 Å². The second kappa shape index (κ2) is 1.74. The summed E-state index contributed by atoms with van der Waals surface area (Å²) in [7, 11) is -3.00. The van der Waals surface area contributed by atoms with Crippen LogP contribution in [0.3, 0.4) is 0 Å². The molecule has 0 spiro atoms. The van der Waals surface area contributed by atoms with Crippen molar-refractivity contribution >= 4 is 21.4 Å². The van der Waals surface area contributed by atoms with E-state index in [0.29, 0.717) is 6.42 Å². The first-order valence-electron chi connectivity index (χ1n) is 2.21. The molecule has 0 N–H and O–H groups in total. The maximum atomic E-state index is 10.6. The number of hydrogen-bond acceptors (Lipinski definition) is 2. The molecule has 0 aliphatic carbocycles. The van der Waals surface area contributed by atoms with Gasteiger partial charge in [0.1, 0.15) is 4.36 Å². The van der Waals surface area contributed by atoms with E-state index in [-0.39, 0.29) is 10.1 Å². The van der Waals surface area contributed by atoms with Crippen LogP contribution in [0.1, 0.15) is 6.42 Å². The predicted octanol–water partition coefficient (Wildman–Crippen LogP) is 0.885. The SMILES string of the molecule is O=S1(=O)CCC=C1Cl. The van der Waals surface area contributed by atoms with E-state index in [9.17, 15) is 8.42 Å². The van der Waals surface area contributed by atoms with E-state index in [1.54, 1.807) is 0 Å². The highest BCUT2D eigenvalue weighted by atomic mass is 35.5. The molecule has 1 aliphatic rings. The molecule has 1 rings (SSSR count). The van der Waals surface area contributed by atoms with Gasteiger partial charge < -0.3 is 0 Å². The fourth-order valence-electron chi connectivity index (χ4n) is 0.552. The zero-order valence-corrected chi connectivity index (χ0v) is 5.67. The molecule has 0 atom stereocenters. The lowest BCUT2D eigenvalue weighted by Gasteiger charge is -1.86. The van der Waals surface area contributed by atoms with Gasteiger partial charge in [-0.15, -0.1) is 0 Å². The quantitative estimate of drug-likeness (QED) is 0.517. The Labute approximate surface area is 53.1 Å². The average Bonchev–Trinajstić information content (AvgIpc) is 1.86. The van der Waals surface area contributed by atoms with Gasteiger partial charge in [0.25, 0.3) is 0 Å². The molecular formula is C4H5ClO2S. The molecule has 0 saturated carbocycles. The maximum Gasteiger partial charge on any atom is 0.189 e. The number of sulfone groups is 1. The van der Waals surface area contributed by atoms with Crippen molar-refractivity contribution in [3.63, 3.8) is 0 Å². The van der Waals surface area contributed by atoms with Gasteiger partial charge in [0.15, 0.2) is 9.84 Å². The minimum Gasteiger partial charge on any atom is -0.223 e. The Bertz CT molecular complexity index is 214. The standard InChI is InChI=1S/C4H5ClO2S/c5-4-2-1-3-8(4,6)7/h2H,1,3H2. The molecule has 1 heterocycles. The Morgan fingerprint density at radius 2 is 2.25 bits per heavy atom. The highest BCUT2D eigenvalue weighted by Gasteiger charge is 2.19. The second-order valence-electron chi connectivity index (χ2n) is 1.62. The first kappa shape index (κ1) is 6.11. The summed E-state index contributed by atoms with van der Waals surface area (Å²) >= 11 is 5.28. The summed E-state index contributed by atoms with van der Waals surface area (Å²) < 4.78 is 21.1.